The Morgan fingerprint density at radius 1 is 0.545 bits per heavy atom. The van der Waals surface area contributed by atoms with E-state index < -0.39 is 11.9 Å². The standard InChI is InChI=1S/C10H16O3.C6H10O3/c1-2-5-9-8(4-1)12-10(13-9)6-3-7-11-10;1-2-6(7-3-1)8-4-5-9-6/h8-9H,1-7H2;1-5H2. The summed E-state index contributed by atoms with van der Waals surface area (Å²) in [6, 6.07) is 0. The van der Waals surface area contributed by atoms with E-state index in [1.165, 1.54) is 12.8 Å². The molecule has 0 bridgehead atoms. The van der Waals surface area contributed by atoms with Crippen molar-refractivity contribution in [2.24, 2.45) is 0 Å². The number of ether oxygens (including phenoxy) is 6. The van der Waals surface area contributed by atoms with Gasteiger partial charge in [-0.05, 0) is 25.7 Å². The van der Waals surface area contributed by atoms with Gasteiger partial charge in [0.15, 0.2) is 0 Å². The smallest absolute Gasteiger partial charge is 0.283 e. The first-order valence-corrected chi connectivity index (χ1v) is 8.71. The van der Waals surface area contributed by atoms with Gasteiger partial charge in [-0.15, -0.1) is 0 Å². The maximum absolute atomic E-state index is 5.87. The molecular formula is C16H26O6. The third-order valence-corrected chi connectivity index (χ3v) is 4.93. The van der Waals surface area contributed by atoms with Crippen molar-refractivity contribution in [3.05, 3.63) is 0 Å². The molecule has 1 saturated carbocycles. The normalized spacial score (nSPS) is 42.5. The first kappa shape index (κ1) is 15.3. The van der Waals surface area contributed by atoms with Gasteiger partial charge >= 0.3 is 0 Å². The number of rotatable bonds is 0. The Morgan fingerprint density at radius 3 is 1.55 bits per heavy atom. The van der Waals surface area contributed by atoms with Crippen molar-refractivity contribution in [2.45, 2.75) is 75.5 Å². The van der Waals surface area contributed by atoms with Gasteiger partial charge in [-0.2, -0.15) is 0 Å². The first-order valence-electron chi connectivity index (χ1n) is 8.71. The highest BCUT2D eigenvalue weighted by atomic mass is 16.9. The van der Waals surface area contributed by atoms with Crippen LogP contribution in [0.3, 0.4) is 0 Å². The van der Waals surface area contributed by atoms with Crippen molar-refractivity contribution in [1.29, 1.82) is 0 Å². The molecule has 0 aromatic heterocycles. The summed E-state index contributed by atoms with van der Waals surface area (Å²) in [5.74, 6) is -1.24. The van der Waals surface area contributed by atoms with Gasteiger partial charge in [-0.1, -0.05) is 12.8 Å². The van der Waals surface area contributed by atoms with E-state index in [2.05, 4.69) is 0 Å². The quantitative estimate of drug-likeness (QED) is 0.684. The summed E-state index contributed by atoms with van der Waals surface area (Å²) in [5, 5.41) is 0. The predicted molar refractivity (Wildman–Crippen MR) is 76.0 cm³/mol. The van der Waals surface area contributed by atoms with E-state index in [0.29, 0.717) is 25.4 Å². The molecule has 4 aliphatic heterocycles. The molecule has 4 saturated heterocycles. The highest BCUT2D eigenvalue weighted by Gasteiger charge is 2.51. The van der Waals surface area contributed by atoms with E-state index in [9.17, 15) is 0 Å². The molecule has 4 heterocycles. The van der Waals surface area contributed by atoms with Gasteiger partial charge in [0.25, 0.3) is 11.9 Å². The summed E-state index contributed by atoms with van der Waals surface area (Å²) in [5.41, 5.74) is 0. The maximum Gasteiger partial charge on any atom is 0.283 e. The zero-order valence-electron chi connectivity index (χ0n) is 13.1. The summed E-state index contributed by atoms with van der Waals surface area (Å²) < 4.78 is 33.1. The molecule has 126 valence electrons. The average Bonchev–Trinajstić information content (AvgIpc) is 3.32. The lowest BCUT2D eigenvalue weighted by Crippen LogP contribution is -2.29. The van der Waals surface area contributed by atoms with Gasteiger partial charge in [0.05, 0.1) is 38.6 Å². The van der Waals surface area contributed by atoms with Crippen LogP contribution in [0, 0.1) is 0 Å². The molecule has 5 rings (SSSR count). The Labute approximate surface area is 131 Å². The minimum atomic E-state index is -0.625. The Hall–Kier alpha value is -0.240. The highest BCUT2D eigenvalue weighted by Crippen LogP contribution is 2.42. The first-order chi connectivity index (χ1) is 10.8. The predicted octanol–water partition coefficient (Wildman–Crippen LogP) is 2.31. The largest absolute Gasteiger partial charge is 0.327 e. The number of hydrogen-bond donors (Lipinski definition) is 0. The molecule has 22 heavy (non-hydrogen) atoms. The summed E-state index contributed by atoms with van der Waals surface area (Å²) in [6.07, 6.45) is 9.41. The number of hydrogen-bond acceptors (Lipinski definition) is 6. The second-order valence-electron chi connectivity index (χ2n) is 6.56. The molecule has 6 nitrogen and oxygen atoms in total. The molecule has 2 spiro atoms. The van der Waals surface area contributed by atoms with Crippen molar-refractivity contribution in [3.8, 4) is 0 Å². The molecule has 0 N–H and O–H groups in total. The zero-order valence-corrected chi connectivity index (χ0v) is 13.1. The van der Waals surface area contributed by atoms with Crippen molar-refractivity contribution in [2.75, 3.05) is 26.4 Å². The van der Waals surface area contributed by atoms with E-state index in [1.54, 1.807) is 0 Å². The maximum atomic E-state index is 5.87. The molecule has 6 heteroatoms. The Morgan fingerprint density at radius 2 is 1.05 bits per heavy atom. The fourth-order valence-electron chi connectivity index (χ4n) is 3.85. The van der Waals surface area contributed by atoms with Crippen LogP contribution in [-0.4, -0.2) is 50.6 Å². The van der Waals surface area contributed by atoms with Gasteiger partial charge in [-0.25, -0.2) is 0 Å². The lowest BCUT2D eigenvalue weighted by atomic mass is 9.95. The highest BCUT2D eigenvalue weighted by molar-refractivity contribution is 4.86. The van der Waals surface area contributed by atoms with E-state index in [4.69, 9.17) is 28.4 Å². The summed E-state index contributed by atoms with van der Waals surface area (Å²) in [6.45, 7) is 2.93. The molecule has 2 unspecified atom stereocenters. The van der Waals surface area contributed by atoms with Crippen LogP contribution >= 0.6 is 0 Å². The van der Waals surface area contributed by atoms with Crippen LogP contribution in [0.1, 0.15) is 51.4 Å². The van der Waals surface area contributed by atoms with Gasteiger partial charge < -0.3 is 28.4 Å². The van der Waals surface area contributed by atoms with Crippen LogP contribution in [0.5, 0.6) is 0 Å². The molecule has 0 aromatic rings. The average molecular weight is 314 g/mol. The lowest BCUT2D eigenvalue weighted by Gasteiger charge is -2.20. The minimum absolute atomic E-state index is 0.312. The van der Waals surface area contributed by atoms with E-state index in [-0.39, 0.29) is 0 Å². The second-order valence-corrected chi connectivity index (χ2v) is 6.56. The van der Waals surface area contributed by atoms with Crippen LogP contribution in [0.4, 0.5) is 0 Å². The topological polar surface area (TPSA) is 55.4 Å². The van der Waals surface area contributed by atoms with Crippen molar-refractivity contribution in [1.82, 2.24) is 0 Å². The third kappa shape index (κ3) is 3.05. The SMILES string of the molecule is C1CCC2OC3(CCCO3)OC2C1.C1COC2(C1)OCCO2. The Balaban J connectivity index is 0.000000122. The minimum Gasteiger partial charge on any atom is -0.327 e. The van der Waals surface area contributed by atoms with E-state index >= 15 is 0 Å². The Kier molecular flexibility index (Phi) is 4.41. The molecule has 0 aromatic carbocycles. The molecule has 2 atom stereocenters. The van der Waals surface area contributed by atoms with Gasteiger partial charge in [0, 0.05) is 12.8 Å². The van der Waals surface area contributed by atoms with E-state index in [1.807, 2.05) is 0 Å². The van der Waals surface area contributed by atoms with Crippen molar-refractivity contribution >= 4 is 0 Å². The molecule has 0 radical (unpaired) electrons. The van der Waals surface area contributed by atoms with Gasteiger partial charge in [0.2, 0.25) is 0 Å². The molecular weight excluding hydrogens is 288 g/mol. The monoisotopic (exact) mass is 314 g/mol. The van der Waals surface area contributed by atoms with Crippen LogP contribution in [-0.2, 0) is 28.4 Å². The molecule has 0 amide bonds. The van der Waals surface area contributed by atoms with E-state index in [0.717, 1.165) is 51.7 Å². The molecule has 5 aliphatic rings. The number of fused-ring (bicyclic) bond motifs is 1. The fourth-order valence-corrected chi connectivity index (χ4v) is 3.85. The fraction of sp³-hybridized carbons (Fsp3) is 1.00. The Bertz CT molecular complexity index is 335. The van der Waals surface area contributed by atoms with Crippen molar-refractivity contribution < 1.29 is 28.4 Å². The zero-order chi connectivity index (χ0) is 14.9. The lowest BCUT2D eigenvalue weighted by molar-refractivity contribution is -0.318. The van der Waals surface area contributed by atoms with Crippen LogP contribution in [0.15, 0.2) is 0 Å². The van der Waals surface area contributed by atoms with Crippen LogP contribution in [0.25, 0.3) is 0 Å². The van der Waals surface area contributed by atoms with Crippen LogP contribution in [0.2, 0.25) is 0 Å². The summed E-state index contributed by atoms with van der Waals surface area (Å²) >= 11 is 0. The molecule has 5 fully saturated rings. The van der Waals surface area contributed by atoms with Crippen LogP contribution < -0.4 is 0 Å². The third-order valence-electron chi connectivity index (χ3n) is 4.93. The van der Waals surface area contributed by atoms with Gasteiger partial charge in [0.1, 0.15) is 0 Å². The molecule has 1 aliphatic carbocycles. The summed E-state index contributed by atoms with van der Waals surface area (Å²) in [7, 11) is 0. The second kappa shape index (κ2) is 6.34. The van der Waals surface area contributed by atoms with Crippen molar-refractivity contribution in [3.63, 3.8) is 0 Å². The summed E-state index contributed by atoms with van der Waals surface area (Å²) in [4.78, 5) is 0. The van der Waals surface area contributed by atoms with Gasteiger partial charge in [-0.3, -0.25) is 0 Å².